The van der Waals surface area contributed by atoms with Crippen LogP contribution in [0.3, 0.4) is 0 Å². The van der Waals surface area contributed by atoms with E-state index in [1.807, 2.05) is 6.92 Å². The van der Waals surface area contributed by atoms with E-state index in [0.29, 0.717) is 0 Å². The van der Waals surface area contributed by atoms with Crippen LogP contribution in [0.1, 0.15) is 26.7 Å². The predicted molar refractivity (Wildman–Crippen MR) is 44.4 cm³/mol. The Labute approximate surface area is 64.6 Å². The van der Waals surface area contributed by atoms with Gasteiger partial charge in [0.05, 0.1) is 5.60 Å². The molecule has 0 spiro atoms. The minimum absolute atomic E-state index is 0.421. The Morgan fingerprint density at radius 2 is 2.12 bits per heavy atom. The fourth-order valence-electron chi connectivity index (χ4n) is 0.605. The van der Waals surface area contributed by atoms with Crippen LogP contribution in [0.4, 0.5) is 0 Å². The van der Waals surface area contributed by atoms with Crippen LogP contribution in [0.5, 0.6) is 0 Å². The lowest BCUT2D eigenvalue weighted by Crippen LogP contribution is -2.24. The molecule has 0 fully saturated rings. The van der Waals surface area contributed by atoms with Crippen molar-refractivity contribution in [1.29, 1.82) is 0 Å². The quantitative estimate of drug-likeness (QED) is 0.578. The number of rotatable bonds is 3. The van der Waals surface area contributed by atoms with Crippen molar-refractivity contribution in [3.8, 4) is 0 Å². The summed E-state index contributed by atoms with van der Waals surface area (Å²) in [6.45, 7) is 3.96. The van der Waals surface area contributed by atoms with Gasteiger partial charge in [-0.3, -0.25) is 0 Å². The van der Waals surface area contributed by atoms with Crippen molar-refractivity contribution in [2.45, 2.75) is 32.3 Å². The van der Waals surface area contributed by atoms with Crippen LogP contribution in [0.15, 0.2) is 0 Å². The predicted octanol–water partition coefficient (Wildman–Crippen LogP) is 1.97. The summed E-state index contributed by atoms with van der Waals surface area (Å²) in [7, 11) is 0. The lowest BCUT2D eigenvalue weighted by molar-refractivity contribution is 0.0784. The van der Waals surface area contributed by atoms with Crippen LogP contribution in [0.25, 0.3) is 0 Å². The molecule has 0 aliphatic carbocycles. The highest BCUT2D eigenvalue weighted by Gasteiger charge is 2.15. The van der Waals surface area contributed by atoms with Gasteiger partial charge in [0.25, 0.3) is 0 Å². The zero-order valence-corrected chi connectivity index (χ0v) is 7.60. The Bertz CT molecular complexity index is 61.5. The molecular formula is C6H13IO. The maximum Gasteiger partial charge on any atom is 0.0708 e. The monoisotopic (exact) mass is 228 g/mol. The highest BCUT2D eigenvalue weighted by Crippen LogP contribution is 2.13. The molecule has 0 aromatic carbocycles. The minimum atomic E-state index is -0.421. The molecule has 0 aromatic rings. The van der Waals surface area contributed by atoms with Crippen molar-refractivity contribution in [1.82, 2.24) is 0 Å². The normalized spacial score (nSPS) is 18.0. The smallest absolute Gasteiger partial charge is 0.0708 e. The van der Waals surface area contributed by atoms with Crippen LogP contribution in [0.2, 0.25) is 0 Å². The lowest BCUT2D eigenvalue weighted by Gasteiger charge is -2.18. The second kappa shape index (κ2) is 3.67. The van der Waals surface area contributed by atoms with Gasteiger partial charge in [-0.15, -0.1) is 0 Å². The number of hydrogen-bond acceptors (Lipinski definition) is 1. The third-order valence-electron chi connectivity index (χ3n) is 1.08. The van der Waals surface area contributed by atoms with E-state index >= 15 is 0 Å². The first kappa shape index (κ1) is 8.69. The highest BCUT2D eigenvalue weighted by molar-refractivity contribution is 14.1. The maximum atomic E-state index is 9.32. The zero-order chi connectivity index (χ0) is 6.62. The van der Waals surface area contributed by atoms with E-state index in [2.05, 4.69) is 29.5 Å². The number of alkyl halides is 1. The fourth-order valence-corrected chi connectivity index (χ4v) is 0.987. The Kier molecular flexibility index (Phi) is 3.98. The van der Waals surface area contributed by atoms with E-state index < -0.39 is 5.60 Å². The first-order chi connectivity index (χ1) is 3.62. The van der Waals surface area contributed by atoms with Crippen molar-refractivity contribution in [3.05, 3.63) is 0 Å². The summed E-state index contributed by atoms with van der Waals surface area (Å²) >= 11 is 2.20. The largest absolute Gasteiger partial charge is 0.389 e. The molecule has 0 aliphatic rings. The van der Waals surface area contributed by atoms with Crippen LogP contribution >= 0.6 is 22.6 Å². The van der Waals surface area contributed by atoms with Gasteiger partial charge < -0.3 is 5.11 Å². The van der Waals surface area contributed by atoms with E-state index in [4.69, 9.17) is 0 Å². The van der Waals surface area contributed by atoms with E-state index in [-0.39, 0.29) is 0 Å². The minimum Gasteiger partial charge on any atom is -0.389 e. The van der Waals surface area contributed by atoms with Gasteiger partial charge in [0.1, 0.15) is 0 Å². The van der Waals surface area contributed by atoms with Gasteiger partial charge in [-0.2, -0.15) is 0 Å². The molecule has 50 valence electrons. The molecule has 0 rings (SSSR count). The molecule has 0 radical (unpaired) electrons. The SMILES string of the molecule is CCCC(C)(O)CI. The van der Waals surface area contributed by atoms with Crippen LogP contribution in [0, 0.1) is 0 Å². The second-order valence-electron chi connectivity index (χ2n) is 2.38. The number of halogens is 1. The molecule has 8 heavy (non-hydrogen) atoms. The van der Waals surface area contributed by atoms with E-state index in [9.17, 15) is 5.11 Å². The topological polar surface area (TPSA) is 20.2 Å². The molecule has 2 heteroatoms. The van der Waals surface area contributed by atoms with Crippen molar-refractivity contribution < 1.29 is 5.11 Å². The number of hydrogen-bond donors (Lipinski definition) is 1. The highest BCUT2D eigenvalue weighted by atomic mass is 127. The third kappa shape index (κ3) is 3.66. The van der Waals surface area contributed by atoms with Gasteiger partial charge in [-0.05, 0) is 13.3 Å². The van der Waals surface area contributed by atoms with Gasteiger partial charge in [0.15, 0.2) is 0 Å². The van der Waals surface area contributed by atoms with Gasteiger partial charge in [0.2, 0.25) is 0 Å². The Hall–Kier alpha value is 0.690. The van der Waals surface area contributed by atoms with Crippen molar-refractivity contribution in [3.63, 3.8) is 0 Å². The molecule has 0 saturated carbocycles. The zero-order valence-electron chi connectivity index (χ0n) is 5.45. The standard InChI is InChI=1S/C6H13IO/c1-3-4-6(2,8)5-7/h8H,3-5H2,1-2H3. The second-order valence-corrected chi connectivity index (χ2v) is 3.14. The van der Waals surface area contributed by atoms with Crippen LogP contribution < -0.4 is 0 Å². The molecule has 0 amide bonds. The third-order valence-corrected chi connectivity index (χ3v) is 2.72. The molecule has 0 aromatic heterocycles. The average Bonchev–Trinajstić information content (AvgIpc) is 1.67. The number of aliphatic hydroxyl groups is 1. The van der Waals surface area contributed by atoms with E-state index in [1.54, 1.807) is 0 Å². The molecule has 0 aliphatic heterocycles. The summed E-state index contributed by atoms with van der Waals surface area (Å²) in [5, 5.41) is 9.32. The maximum absolute atomic E-state index is 9.32. The summed E-state index contributed by atoms with van der Waals surface area (Å²) in [5.74, 6) is 0. The lowest BCUT2D eigenvalue weighted by atomic mass is 10.0. The molecule has 1 N–H and O–H groups in total. The summed E-state index contributed by atoms with van der Waals surface area (Å²) in [6.07, 6.45) is 1.98. The van der Waals surface area contributed by atoms with Gasteiger partial charge in [-0.1, -0.05) is 35.9 Å². The fraction of sp³-hybridized carbons (Fsp3) is 1.00. The molecule has 0 heterocycles. The Morgan fingerprint density at radius 1 is 1.62 bits per heavy atom. The van der Waals surface area contributed by atoms with Gasteiger partial charge in [-0.25, -0.2) is 0 Å². The van der Waals surface area contributed by atoms with E-state index in [1.165, 1.54) is 0 Å². The Morgan fingerprint density at radius 3 is 2.25 bits per heavy atom. The molecular weight excluding hydrogens is 215 g/mol. The molecule has 0 saturated heterocycles. The van der Waals surface area contributed by atoms with Crippen molar-refractivity contribution in [2.24, 2.45) is 0 Å². The van der Waals surface area contributed by atoms with Crippen LogP contribution in [-0.2, 0) is 0 Å². The molecule has 1 unspecified atom stereocenters. The van der Waals surface area contributed by atoms with Crippen LogP contribution in [-0.4, -0.2) is 15.1 Å². The first-order valence-corrected chi connectivity index (χ1v) is 4.43. The summed E-state index contributed by atoms with van der Waals surface area (Å²) in [4.78, 5) is 0. The van der Waals surface area contributed by atoms with Crippen molar-refractivity contribution >= 4 is 22.6 Å². The van der Waals surface area contributed by atoms with Crippen molar-refractivity contribution in [2.75, 3.05) is 4.43 Å². The average molecular weight is 228 g/mol. The molecule has 1 nitrogen and oxygen atoms in total. The molecule has 1 atom stereocenters. The first-order valence-electron chi connectivity index (χ1n) is 2.91. The summed E-state index contributed by atoms with van der Waals surface area (Å²) in [5.41, 5.74) is -0.421. The summed E-state index contributed by atoms with van der Waals surface area (Å²) in [6, 6.07) is 0. The van der Waals surface area contributed by atoms with Gasteiger partial charge >= 0.3 is 0 Å². The summed E-state index contributed by atoms with van der Waals surface area (Å²) < 4.78 is 0.832. The van der Waals surface area contributed by atoms with E-state index in [0.717, 1.165) is 17.3 Å². The Balaban J connectivity index is 3.37. The van der Waals surface area contributed by atoms with Gasteiger partial charge in [0, 0.05) is 4.43 Å². The molecule has 0 bridgehead atoms.